The van der Waals surface area contributed by atoms with E-state index in [1.54, 1.807) is 23.1 Å². The molecule has 9 nitrogen and oxygen atoms in total. The monoisotopic (exact) mass is 429 g/mol. The zero-order chi connectivity index (χ0) is 22.4. The summed E-state index contributed by atoms with van der Waals surface area (Å²) >= 11 is 0. The maximum Gasteiger partial charge on any atom is 0.337 e. The molecule has 9 heteroatoms. The number of aromatic nitrogens is 2. The summed E-state index contributed by atoms with van der Waals surface area (Å²) in [6.07, 6.45) is 6.30. The van der Waals surface area contributed by atoms with E-state index in [0.29, 0.717) is 16.9 Å². The zero-order valence-corrected chi connectivity index (χ0v) is 17.7. The van der Waals surface area contributed by atoms with E-state index in [2.05, 4.69) is 5.10 Å². The van der Waals surface area contributed by atoms with Gasteiger partial charge < -0.3 is 19.5 Å². The molecule has 0 spiro atoms. The Kier molecular flexibility index (Phi) is 7.28. The van der Waals surface area contributed by atoms with Crippen LogP contribution in [0.25, 0.3) is 0 Å². The van der Waals surface area contributed by atoms with Crippen molar-refractivity contribution in [3.63, 3.8) is 0 Å². The fraction of sp³-hybridized carbons (Fsp3) is 0.455. The largest absolute Gasteiger partial charge is 0.496 e. The number of carbonyl (C=O) groups is 3. The van der Waals surface area contributed by atoms with Crippen LogP contribution in [-0.4, -0.2) is 57.9 Å². The molecule has 1 heterocycles. The summed E-state index contributed by atoms with van der Waals surface area (Å²) in [5.41, 5.74) is 1.26. The lowest BCUT2D eigenvalue weighted by Crippen LogP contribution is -2.42. The third-order valence-corrected chi connectivity index (χ3v) is 5.54. The maximum atomic E-state index is 13.5. The predicted molar refractivity (Wildman–Crippen MR) is 111 cm³/mol. The van der Waals surface area contributed by atoms with Crippen LogP contribution in [0.15, 0.2) is 30.5 Å². The zero-order valence-electron chi connectivity index (χ0n) is 17.7. The minimum atomic E-state index is -1.07. The molecule has 1 amide bonds. The minimum absolute atomic E-state index is 0.000849. The number of ether oxygens (including phenoxy) is 2. The molecule has 0 atom stereocenters. The summed E-state index contributed by atoms with van der Waals surface area (Å²) in [7, 11) is 2.85. The number of methoxy groups -OCH3 is 2. The van der Waals surface area contributed by atoms with Gasteiger partial charge in [-0.25, -0.2) is 9.48 Å². The Hall–Kier alpha value is -3.36. The Balaban J connectivity index is 1.97. The third-order valence-electron chi connectivity index (χ3n) is 5.54. The number of carboxylic acid groups (broad SMARTS) is 1. The van der Waals surface area contributed by atoms with Gasteiger partial charge >= 0.3 is 11.9 Å². The van der Waals surface area contributed by atoms with Gasteiger partial charge in [0.15, 0.2) is 0 Å². The van der Waals surface area contributed by atoms with Crippen LogP contribution in [0.3, 0.4) is 0 Å². The van der Waals surface area contributed by atoms with Crippen molar-refractivity contribution in [3.05, 3.63) is 47.3 Å². The molecule has 2 aromatic rings. The van der Waals surface area contributed by atoms with E-state index in [0.717, 1.165) is 32.1 Å². The normalized spacial score (nSPS) is 14.1. The second-order valence-electron chi connectivity index (χ2n) is 7.51. The van der Waals surface area contributed by atoms with Gasteiger partial charge in [0.2, 0.25) is 0 Å². The fourth-order valence-corrected chi connectivity index (χ4v) is 4.01. The lowest BCUT2D eigenvalue weighted by atomic mass is 9.93. The first-order valence-corrected chi connectivity index (χ1v) is 10.2. The van der Waals surface area contributed by atoms with E-state index in [1.807, 2.05) is 0 Å². The molecule has 0 saturated heterocycles. The molecule has 1 aromatic carbocycles. The summed E-state index contributed by atoms with van der Waals surface area (Å²) in [5.74, 6) is -1.29. The molecule has 1 fully saturated rings. The second-order valence-corrected chi connectivity index (χ2v) is 7.51. The van der Waals surface area contributed by atoms with Gasteiger partial charge in [-0.1, -0.05) is 19.3 Å². The van der Waals surface area contributed by atoms with Crippen molar-refractivity contribution < 1.29 is 29.0 Å². The molecule has 1 aromatic heterocycles. The molecule has 31 heavy (non-hydrogen) atoms. The summed E-state index contributed by atoms with van der Waals surface area (Å²) in [5, 5.41) is 13.1. The number of hydrogen-bond donors (Lipinski definition) is 1. The van der Waals surface area contributed by atoms with Gasteiger partial charge in [-0.2, -0.15) is 5.10 Å². The number of amides is 1. The minimum Gasteiger partial charge on any atom is -0.496 e. The number of nitrogens with zero attached hydrogens (tertiary/aromatic N) is 3. The predicted octanol–water partition coefficient (Wildman–Crippen LogP) is 2.74. The van der Waals surface area contributed by atoms with Gasteiger partial charge in [0.1, 0.15) is 18.0 Å². The third kappa shape index (κ3) is 5.22. The molecule has 0 unspecified atom stereocenters. The molecule has 166 valence electrons. The number of rotatable bonds is 8. The van der Waals surface area contributed by atoms with Crippen molar-refractivity contribution in [2.24, 2.45) is 0 Å². The van der Waals surface area contributed by atoms with Crippen LogP contribution in [0.4, 0.5) is 0 Å². The van der Waals surface area contributed by atoms with Gasteiger partial charge in [0, 0.05) is 24.3 Å². The smallest absolute Gasteiger partial charge is 0.337 e. The number of hydrogen-bond acceptors (Lipinski definition) is 6. The van der Waals surface area contributed by atoms with E-state index >= 15 is 0 Å². The van der Waals surface area contributed by atoms with Crippen LogP contribution in [-0.2, 0) is 22.6 Å². The number of aliphatic carboxylic acids is 1. The molecule has 0 aliphatic heterocycles. The highest BCUT2D eigenvalue weighted by Gasteiger charge is 2.29. The van der Waals surface area contributed by atoms with Gasteiger partial charge in [0.25, 0.3) is 5.91 Å². The summed E-state index contributed by atoms with van der Waals surface area (Å²) in [6, 6.07) is 6.50. The quantitative estimate of drug-likeness (QED) is 0.642. The van der Waals surface area contributed by atoms with Crippen LogP contribution < -0.4 is 4.74 Å². The fourth-order valence-electron chi connectivity index (χ4n) is 4.01. The van der Waals surface area contributed by atoms with Gasteiger partial charge in [0.05, 0.1) is 19.8 Å². The Labute approximate surface area is 180 Å². The Morgan fingerprint density at radius 2 is 1.90 bits per heavy atom. The first kappa shape index (κ1) is 22.3. The summed E-state index contributed by atoms with van der Waals surface area (Å²) < 4.78 is 11.5. The molecule has 1 saturated carbocycles. The highest BCUT2D eigenvalue weighted by atomic mass is 16.5. The van der Waals surface area contributed by atoms with E-state index in [-0.39, 0.29) is 24.2 Å². The Morgan fingerprint density at radius 1 is 1.16 bits per heavy atom. The van der Waals surface area contributed by atoms with E-state index < -0.39 is 18.5 Å². The topological polar surface area (TPSA) is 111 Å². The van der Waals surface area contributed by atoms with Gasteiger partial charge in [-0.15, -0.1) is 0 Å². The van der Waals surface area contributed by atoms with Crippen LogP contribution in [0.2, 0.25) is 0 Å². The Bertz CT molecular complexity index is 948. The number of carboxylic acids is 1. The Morgan fingerprint density at radius 3 is 2.55 bits per heavy atom. The van der Waals surface area contributed by atoms with Crippen molar-refractivity contribution in [3.8, 4) is 5.75 Å². The van der Waals surface area contributed by atoms with Gasteiger partial charge in [-0.3, -0.25) is 9.59 Å². The van der Waals surface area contributed by atoms with E-state index in [1.165, 1.54) is 31.2 Å². The molecule has 1 aliphatic carbocycles. The average molecular weight is 429 g/mol. The molecule has 0 radical (unpaired) electrons. The van der Waals surface area contributed by atoms with Crippen molar-refractivity contribution in [2.45, 2.75) is 51.2 Å². The molecule has 0 bridgehead atoms. The van der Waals surface area contributed by atoms with Crippen molar-refractivity contribution in [2.75, 3.05) is 14.2 Å². The van der Waals surface area contributed by atoms with E-state index in [4.69, 9.17) is 14.6 Å². The average Bonchev–Trinajstić information content (AvgIpc) is 3.24. The van der Waals surface area contributed by atoms with Crippen LogP contribution in [0, 0.1) is 0 Å². The summed E-state index contributed by atoms with van der Waals surface area (Å²) in [4.78, 5) is 38.5. The lowest BCUT2D eigenvalue weighted by molar-refractivity contribution is -0.137. The molecule has 1 N–H and O–H groups in total. The second kappa shape index (κ2) is 10.1. The first-order chi connectivity index (χ1) is 14.9. The van der Waals surface area contributed by atoms with Crippen LogP contribution in [0.5, 0.6) is 5.75 Å². The van der Waals surface area contributed by atoms with Crippen molar-refractivity contribution >= 4 is 17.8 Å². The van der Waals surface area contributed by atoms with Crippen molar-refractivity contribution in [1.29, 1.82) is 0 Å². The number of benzene rings is 1. The van der Waals surface area contributed by atoms with Crippen LogP contribution in [0.1, 0.15) is 58.5 Å². The SMILES string of the molecule is COC(=O)c1ccc(OC)c(CN(C(=O)c2ccnn2CC(=O)O)C2CCCCC2)c1. The van der Waals surface area contributed by atoms with Gasteiger partial charge in [-0.05, 0) is 37.1 Å². The first-order valence-electron chi connectivity index (χ1n) is 10.2. The summed E-state index contributed by atoms with van der Waals surface area (Å²) in [6.45, 7) is -0.177. The highest BCUT2D eigenvalue weighted by molar-refractivity contribution is 5.93. The number of carbonyl (C=O) groups excluding carboxylic acids is 2. The lowest BCUT2D eigenvalue weighted by Gasteiger charge is -2.35. The van der Waals surface area contributed by atoms with Crippen LogP contribution >= 0.6 is 0 Å². The standard InChI is InChI=1S/C22H27N3O6/c1-30-19-9-8-15(22(29)31-2)12-16(19)13-24(17-6-4-3-5-7-17)21(28)18-10-11-23-25(18)14-20(26)27/h8-12,17H,3-7,13-14H2,1-2H3,(H,26,27). The maximum absolute atomic E-state index is 13.5. The highest BCUT2D eigenvalue weighted by Crippen LogP contribution is 2.29. The van der Waals surface area contributed by atoms with Crippen molar-refractivity contribution in [1.82, 2.24) is 14.7 Å². The molecule has 1 aliphatic rings. The molecular formula is C22H27N3O6. The van der Waals surface area contributed by atoms with E-state index in [9.17, 15) is 14.4 Å². The molecular weight excluding hydrogens is 402 g/mol. The molecule has 3 rings (SSSR count). The number of esters is 1.